The number of carbonyl (C=O) groups excluding carboxylic acids is 2. The molecule has 1 aliphatic heterocycles. The SMILES string of the molecule is N#Cc1cc(CN2CC[C@@H](C(c3ccccc3)N(C(=O)OCc3ccccc3)S(=O)(=O)c3ccc4ccc(N)cc4c3)C2=O)cs1. The first kappa shape index (κ1) is 30.8. The summed E-state index contributed by atoms with van der Waals surface area (Å²) in [5.74, 6) is -1.17. The normalized spacial score (nSPS) is 15.4. The molecular formula is C35H30N4O5S2. The number of nitriles is 1. The molecule has 2 atom stereocenters. The number of nitrogen functional groups attached to an aromatic ring is 1. The third-order valence-corrected chi connectivity index (χ3v) is 10.7. The van der Waals surface area contributed by atoms with E-state index in [1.54, 1.807) is 89.8 Å². The molecule has 232 valence electrons. The Morgan fingerprint density at radius 1 is 0.978 bits per heavy atom. The molecule has 5 aromatic rings. The molecule has 9 nitrogen and oxygen atoms in total. The van der Waals surface area contributed by atoms with Crippen molar-refractivity contribution in [3.05, 3.63) is 130 Å². The molecule has 6 rings (SSSR count). The summed E-state index contributed by atoms with van der Waals surface area (Å²) in [5.41, 5.74) is 8.44. The molecule has 46 heavy (non-hydrogen) atoms. The third kappa shape index (κ3) is 6.31. The number of anilines is 1. The van der Waals surface area contributed by atoms with Gasteiger partial charge in [-0.05, 0) is 69.6 Å². The number of nitrogens with two attached hydrogens (primary N) is 1. The Labute approximate surface area is 271 Å². The van der Waals surface area contributed by atoms with Gasteiger partial charge in [-0.25, -0.2) is 13.2 Å². The number of nitrogens with zero attached hydrogens (tertiary/aromatic N) is 3. The second kappa shape index (κ2) is 13.0. The lowest BCUT2D eigenvalue weighted by Crippen LogP contribution is -2.45. The lowest BCUT2D eigenvalue weighted by atomic mass is 9.91. The van der Waals surface area contributed by atoms with E-state index in [0.29, 0.717) is 40.0 Å². The molecule has 0 radical (unpaired) electrons. The Bertz CT molecular complexity index is 2040. The predicted octanol–water partition coefficient (Wildman–Crippen LogP) is 6.47. The van der Waals surface area contributed by atoms with E-state index in [-0.39, 0.29) is 24.0 Å². The molecule has 1 aromatic heterocycles. The minimum Gasteiger partial charge on any atom is -0.444 e. The number of likely N-dealkylation sites (tertiary alicyclic amines) is 1. The average Bonchev–Trinajstić information content (AvgIpc) is 3.68. The van der Waals surface area contributed by atoms with Crippen LogP contribution in [0.2, 0.25) is 0 Å². The van der Waals surface area contributed by atoms with E-state index in [1.165, 1.54) is 23.5 Å². The second-order valence-corrected chi connectivity index (χ2v) is 13.8. The number of hydrogen-bond donors (Lipinski definition) is 1. The first-order valence-corrected chi connectivity index (χ1v) is 16.9. The van der Waals surface area contributed by atoms with E-state index in [1.807, 2.05) is 11.4 Å². The van der Waals surface area contributed by atoms with Crippen molar-refractivity contribution in [2.45, 2.75) is 30.5 Å². The Hall–Kier alpha value is -5.18. The molecule has 2 N–H and O–H groups in total. The van der Waals surface area contributed by atoms with Crippen LogP contribution >= 0.6 is 11.3 Å². The summed E-state index contributed by atoms with van der Waals surface area (Å²) in [6.07, 6.45) is -0.784. The van der Waals surface area contributed by atoms with Crippen LogP contribution in [0.3, 0.4) is 0 Å². The van der Waals surface area contributed by atoms with Crippen LogP contribution in [0.15, 0.2) is 113 Å². The standard InChI is InChI=1S/C35H30N4O5S2/c36-20-30-17-25(23-45-30)21-38-16-15-32(34(38)40)33(27-9-5-2-6-10-27)39(35(41)44-22-24-7-3-1-4-8-24)46(42,43)31-14-12-26-11-13-29(37)18-28(26)19-31/h1-14,17-19,23,32-33H,15-16,21-22,37H2/t32-,33?/m0/s1. The van der Waals surface area contributed by atoms with E-state index in [4.69, 9.17) is 10.5 Å². The summed E-state index contributed by atoms with van der Waals surface area (Å²) in [7, 11) is -4.58. The van der Waals surface area contributed by atoms with E-state index < -0.39 is 28.1 Å². The maximum absolute atomic E-state index is 14.6. The van der Waals surface area contributed by atoms with Crippen molar-refractivity contribution in [3.63, 3.8) is 0 Å². The number of hydrogen-bond acceptors (Lipinski definition) is 8. The molecule has 1 unspecified atom stereocenters. The second-order valence-electron chi connectivity index (χ2n) is 11.1. The van der Waals surface area contributed by atoms with Gasteiger partial charge >= 0.3 is 6.09 Å². The van der Waals surface area contributed by atoms with Gasteiger partial charge in [0.15, 0.2) is 0 Å². The van der Waals surface area contributed by atoms with Gasteiger partial charge in [0, 0.05) is 18.8 Å². The molecule has 11 heteroatoms. The number of benzene rings is 4. The maximum atomic E-state index is 14.6. The van der Waals surface area contributed by atoms with Crippen LogP contribution in [0.4, 0.5) is 10.5 Å². The number of ether oxygens (including phenoxy) is 1. The Morgan fingerprint density at radius 2 is 1.70 bits per heavy atom. The van der Waals surface area contributed by atoms with Gasteiger partial charge in [-0.2, -0.15) is 9.57 Å². The van der Waals surface area contributed by atoms with Crippen molar-refractivity contribution in [1.82, 2.24) is 9.21 Å². The number of fused-ring (bicyclic) bond motifs is 1. The van der Waals surface area contributed by atoms with Gasteiger partial charge in [-0.15, -0.1) is 11.3 Å². The summed E-state index contributed by atoms with van der Waals surface area (Å²) >= 11 is 1.30. The predicted molar refractivity (Wildman–Crippen MR) is 176 cm³/mol. The molecule has 2 heterocycles. The monoisotopic (exact) mass is 650 g/mol. The summed E-state index contributed by atoms with van der Waals surface area (Å²) in [4.78, 5) is 30.2. The lowest BCUT2D eigenvalue weighted by molar-refractivity contribution is -0.132. The van der Waals surface area contributed by atoms with Crippen LogP contribution in [0, 0.1) is 17.2 Å². The van der Waals surface area contributed by atoms with Crippen LogP contribution in [0.1, 0.15) is 34.0 Å². The quantitative estimate of drug-likeness (QED) is 0.181. The molecule has 0 spiro atoms. The number of sulfonamides is 1. The fraction of sp³-hybridized carbons (Fsp3) is 0.171. The number of rotatable bonds is 9. The van der Waals surface area contributed by atoms with E-state index in [0.717, 1.165) is 15.3 Å². The zero-order valence-corrected chi connectivity index (χ0v) is 26.3. The van der Waals surface area contributed by atoms with Crippen molar-refractivity contribution < 1.29 is 22.7 Å². The Kier molecular flexibility index (Phi) is 8.74. The summed E-state index contributed by atoms with van der Waals surface area (Å²) in [6, 6.07) is 30.1. The van der Waals surface area contributed by atoms with Crippen LogP contribution in [0.5, 0.6) is 0 Å². The molecule has 1 saturated heterocycles. The topological polar surface area (TPSA) is 134 Å². The average molecular weight is 651 g/mol. The highest BCUT2D eigenvalue weighted by molar-refractivity contribution is 7.89. The van der Waals surface area contributed by atoms with Gasteiger partial charge < -0.3 is 15.4 Å². The Balaban J connectivity index is 1.42. The van der Waals surface area contributed by atoms with Crippen molar-refractivity contribution in [2.75, 3.05) is 12.3 Å². The fourth-order valence-corrected chi connectivity index (χ4v) is 8.05. The van der Waals surface area contributed by atoms with Crippen molar-refractivity contribution in [3.8, 4) is 6.07 Å². The van der Waals surface area contributed by atoms with Gasteiger partial charge in [0.25, 0.3) is 10.0 Å². The summed E-state index contributed by atoms with van der Waals surface area (Å²) in [6.45, 7) is 0.463. The van der Waals surface area contributed by atoms with E-state index in [2.05, 4.69) is 6.07 Å². The summed E-state index contributed by atoms with van der Waals surface area (Å²) < 4.78 is 35.7. The number of amides is 2. The van der Waals surface area contributed by atoms with E-state index in [9.17, 15) is 23.3 Å². The largest absolute Gasteiger partial charge is 0.444 e. The highest BCUT2D eigenvalue weighted by Gasteiger charge is 2.47. The molecule has 0 aliphatic carbocycles. The van der Waals surface area contributed by atoms with Crippen LogP contribution in [-0.2, 0) is 32.7 Å². The maximum Gasteiger partial charge on any atom is 0.424 e. The molecule has 2 amide bonds. The van der Waals surface area contributed by atoms with Gasteiger partial charge in [-0.1, -0.05) is 72.8 Å². The summed E-state index contributed by atoms with van der Waals surface area (Å²) in [5, 5.41) is 12.4. The van der Waals surface area contributed by atoms with Gasteiger partial charge in [0.05, 0.1) is 16.9 Å². The highest BCUT2D eigenvalue weighted by atomic mass is 32.2. The lowest BCUT2D eigenvalue weighted by Gasteiger charge is -2.34. The molecular weight excluding hydrogens is 621 g/mol. The molecule has 1 aliphatic rings. The van der Waals surface area contributed by atoms with Gasteiger partial charge in [-0.3, -0.25) is 4.79 Å². The molecule has 1 fully saturated rings. The molecule has 4 aromatic carbocycles. The number of carbonyl (C=O) groups is 2. The van der Waals surface area contributed by atoms with Crippen molar-refractivity contribution in [2.24, 2.45) is 5.92 Å². The van der Waals surface area contributed by atoms with Crippen LogP contribution in [0.25, 0.3) is 10.8 Å². The zero-order valence-electron chi connectivity index (χ0n) is 24.7. The first-order chi connectivity index (χ1) is 22.2. The first-order valence-electron chi connectivity index (χ1n) is 14.6. The van der Waals surface area contributed by atoms with Gasteiger partial charge in [0.2, 0.25) is 5.91 Å². The third-order valence-electron chi connectivity index (χ3n) is 8.03. The molecule has 0 saturated carbocycles. The Morgan fingerprint density at radius 3 is 2.41 bits per heavy atom. The molecule has 0 bridgehead atoms. The van der Waals surface area contributed by atoms with Gasteiger partial charge in [0.1, 0.15) is 17.6 Å². The van der Waals surface area contributed by atoms with Crippen LogP contribution in [-0.4, -0.2) is 36.2 Å². The van der Waals surface area contributed by atoms with Crippen molar-refractivity contribution in [1.29, 1.82) is 5.26 Å². The van der Waals surface area contributed by atoms with Crippen molar-refractivity contribution >= 4 is 49.8 Å². The number of thiophene rings is 1. The fourth-order valence-electron chi connectivity index (χ4n) is 5.79. The van der Waals surface area contributed by atoms with Crippen LogP contribution < -0.4 is 5.73 Å². The highest BCUT2D eigenvalue weighted by Crippen LogP contribution is 2.40. The minimum atomic E-state index is -4.58. The zero-order chi connectivity index (χ0) is 32.3. The minimum absolute atomic E-state index is 0.132. The smallest absolute Gasteiger partial charge is 0.424 e. The van der Waals surface area contributed by atoms with E-state index >= 15 is 0 Å².